The molecule has 5 rings (SSSR count). The lowest BCUT2D eigenvalue weighted by atomic mass is 9.95. The summed E-state index contributed by atoms with van der Waals surface area (Å²) in [6, 6.07) is 6.14. The molecular formula is C45H73N5O5Si. The van der Waals surface area contributed by atoms with Crippen LogP contribution in [0.25, 0.3) is 0 Å². The number of nitrogens with zero attached hydrogens (tertiary/aromatic N) is 5. The Bertz CT molecular complexity index is 1460. The van der Waals surface area contributed by atoms with E-state index in [2.05, 4.69) is 61.6 Å². The maximum absolute atomic E-state index is 13.4. The van der Waals surface area contributed by atoms with E-state index in [1.54, 1.807) is 0 Å². The first kappa shape index (κ1) is 44.1. The molecule has 10 nitrogen and oxygen atoms in total. The second-order valence-electron chi connectivity index (χ2n) is 16.9. The molecule has 4 aliphatic rings. The van der Waals surface area contributed by atoms with E-state index in [0.717, 1.165) is 107 Å². The molecule has 1 amide bonds. The van der Waals surface area contributed by atoms with Crippen LogP contribution in [0.3, 0.4) is 0 Å². The number of ether oxygens (including phenoxy) is 2. The molecule has 1 saturated carbocycles. The zero-order chi connectivity index (χ0) is 39.9. The first-order valence-electron chi connectivity index (χ1n) is 22.3. The molecule has 3 aliphatic heterocycles. The Labute approximate surface area is 339 Å². The summed E-state index contributed by atoms with van der Waals surface area (Å²) in [6.45, 7) is 18.2. The zero-order valence-electron chi connectivity index (χ0n) is 35.6. The minimum Gasteiger partial charge on any atom is -0.457 e. The van der Waals surface area contributed by atoms with E-state index in [9.17, 15) is 9.59 Å². The van der Waals surface area contributed by atoms with Crippen LogP contribution < -0.4 is 4.90 Å². The highest BCUT2D eigenvalue weighted by Crippen LogP contribution is 2.29. The second kappa shape index (κ2) is 22.2. The summed E-state index contributed by atoms with van der Waals surface area (Å²) < 4.78 is 19.0. The van der Waals surface area contributed by atoms with Gasteiger partial charge in [0.05, 0.1) is 11.8 Å². The van der Waals surface area contributed by atoms with E-state index >= 15 is 0 Å². The van der Waals surface area contributed by atoms with Gasteiger partial charge in [-0.2, -0.15) is 0 Å². The van der Waals surface area contributed by atoms with Crippen LogP contribution in [0.2, 0.25) is 18.1 Å². The SMILES string of the molecule is CC[Si](CC)(CC)O[C@@H]1CCN(c2nccc(C(C)/C=C/C=C(\C)[C@H]3OC(=O)CCCCC[C@@H](OC(=O)N4CCN(C5CCCCCC5)CC4)/C=C/[C@@H]3C)n2)C1. The molecule has 1 aromatic rings. The van der Waals surface area contributed by atoms with Gasteiger partial charge in [-0.25, -0.2) is 14.8 Å². The highest BCUT2D eigenvalue weighted by Gasteiger charge is 2.35. The fraction of sp³-hybridized carbons (Fsp3) is 0.733. The smallest absolute Gasteiger partial charge is 0.410 e. The Morgan fingerprint density at radius 2 is 1.64 bits per heavy atom. The fourth-order valence-corrected chi connectivity index (χ4v) is 11.9. The number of anilines is 1. The van der Waals surface area contributed by atoms with E-state index in [-0.39, 0.29) is 36.1 Å². The lowest BCUT2D eigenvalue weighted by molar-refractivity contribution is -0.148. The van der Waals surface area contributed by atoms with Gasteiger partial charge in [0.1, 0.15) is 12.2 Å². The summed E-state index contributed by atoms with van der Waals surface area (Å²) in [5.74, 6) is 0.584. The van der Waals surface area contributed by atoms with Crippen molar-refractivity contribution in [3.05, 3.63) is 53.9 Å². The predicted molar refractivity (Wildman–Crippen MR) is 228 cm³/mol. The number of esters is 1. The number of rotatable bonds is 12. The summed E-state index contributed by atoms with van der Waals surface area (Å²) in [7, 11) is -1.66. The maximum atomic E-state index is 13.4. The van der Waals surface area contributed by atoms with Crippen molar-refractivity contribution in [2.75, 3.05) is 44.2 Å². The molecular weight excluding hydrogens is 719 g/mol. The number of cyclic esters (lactones) is 1. The maximum Gasteiger partial charge on any atom is 0.410 e. The van der Waals surface area contributed by atoms with Crippen molar-refractivity contribution < 1.29 is 23.5 Å². The van der Waals surface area contributed by atoms with Gasteiger partial charge < -0.3 is 23.7 Å². The Morgan fingerprint density at radius 3 is 2.36 bits per heavy atom. The van der Waals surface area contributed by atoms with Crippen LogP contribution in [0.1, 0.15) is 130 Å². The van der Waals surface area contributed by atoms with Crippen LogP contribution in [0.4, 0.5) is 10.7 Å². The molecule has 3 fully saturated rings. The Balaban J connectivity index is 1.17. The molecule has 4 heterocycles. The summed E-state index contributed by atoms with van der Waals surface area (Å²) >= 11 is 0. The summed E-state index contributed by atoms with van der Waals surface area (Å²) in [5, 5.41) is 0. The van der Waals surface area contributed by atoms with E-state index < -0.39 is 14.4 Å². The minimum absolute atomic E-state index is 0.0715. The third-order valence-electron chi connectivity index (χ3n) is 13.0. The van der Waals surface area contributed by atoms with Crippen LogP contribution in [-0.4, -0.2) is 104 Å². The van der Waals surface area contributed by atoms with E-state index in [0.29, 0.717) is 12.5 Å². The minimum atomic E-state index is -1.66. The second-order valence-corrected chi connectivity index (χ2v) is 21.7. The molecule has 2 saturated heterocycles. The monoisotopic (exact) mass is 792 g/mol. The topological polar surface area (TPSA) is 97.3 Å². The molecule has 0 spiro atoms. The Kier molecular flexibility index (Phi) is 17.5. The number of piperazine rings is 1. The highest BCUT2D eigenvalue weighted by molar-refractivity contribution is 6.73. The van der Waals surface area contributed by atoms with E-state index in [4.69, 9.17) is 18.9 Å². The van der Waals surface area contributed by atoms with Gasteiger partial charge in [-0.15, -0.1) is 0 Å². The molecule has 11 heteroatoms. The molecule has 5 atom stereocenters. The first-order valence-corrected chi connectivity index (χ1v) is 24.8. The van der Waals surface area contributed by atoms with Crippen molar-refractivity contribution in [1.29, 1.82) is 0 Å². The standard InChI is InChI=1S/C45H73N5O5Si/c1-7-56(8-2,9-3)55-40-27-29-50(34-40)44-46-28-26-41(47-44)35(4)18-17-19-36(5)43-37(6)24-25-39(22-15-12-16-23-42(51)54-43)53-45(52)49-32-30-48(31-33-49)38-20-13-10-11-14-21-38/h17-19,24-26,28,35,37-40,43H,7-16,20-23,27,29-34H2,1-6H3/b18-17+,25-24+,36-19+/t35?,37-,39+,40+,43+/m0/s1. The first-order chi connectivity index (χ1) is 27.1. The molecule has 1 aliphatic carbocycles. The van der Waals surface area contributed by atoms with Gasteiger partial charge in [0.15, 0.2) is 8.32 Å². The van der Waals surface area contributed by atoms with Crippen molar-refractivity contribution in [3.8, 4) is 0 Å². The quantitative estimate of drug-likeness (QED) is 0.0674. The number of hydrogen-bond acceptors (Lipinski definition) is 9. The predicted octanol–water partition coefficient (Wildman–Crippen LogP) is 9.60. The van der Waals surface area contributed by atoms with Gasteiger partial charge >= 0.3 is 12.1 Å². The number of hydrogen-bond donors (Lipinski definition) is 0. The van der Waals surface area contributed by atoms with Gasteiger partial charge in [0.2, 0.25) is 5.95 Å². The average Bonchev–Trinajstić information content (AvgIpc) is 3.51. The summed E-state index contributed by atoms with van der Waals surface area (Å²) in [4.78, 5) is 42.7. The number of allylic oxidation sites excluding steroid dienone is 3. The largest absolute Gasteiger partial charge is 0.457 e. The normalized spacial score (nSPS) is 27.0. The molecule has 0 aromatic carbocycles. The van der Waals surface area contributed by atoms with Gasteiger partial charge in [-0.1, -0.05) is 91.0 Å². The van der Waals surface area contributed by atoms with Crippen molar-refractivity contribution in [3.63, 3.8) is 0 Å². The van der Waals surface area contributed by atoms with Crippen molar-refractivity contribution >= 4 is 26.3 Å². The summed E-state index contributed by atoms with van der Waals surface area (Å²) in [5.41, 5.74) is 1.94. The number of carbonyl (C=O) groups excluding carboxylic acids is 2. The van der Waals surface area contributed by atoms with Crippen molar-refractivity contribution in [2.45, 2.75) is 167 Å². The fourth-order valence-electron chi connectivity index (χ4n) is 8.99. The average molecular weight is 792 g/mol. The van der Waals surface area contributed by atoms with E-state index in [1.165, 1.54) is 38.5 Å². The van der Waals surface area contributed by atoms with Gasteiger partial charge in [0, 0.05) is 69.8 Å². The van der Waals surface area contributed by atoms with Crippen LogP contribution in [-0.2, 0) is 18.7 Å². The molecule has 312 valence electrons. The van der Waals surface area contributed by atoms with Crippen LogP contribution >= 0.6 is 0 Å². The molecule has 1 unspecified atom stereocenters. The van der Waals surface area contributed by atoms with Gasteiger partial charge in [-0.05, 0) is 81.3 Å². The molecule has 0 N–H and O–H groups in total. The van der Waals surface area contributed by atoms with Crippen molar-refractivity contribution in [2.24, 2.45) is 5.92 Å². The van der Waals surface area contributed by atoms with Crippen molar-refractivity contribution in [1.82, 2.24) is 19.8 Å². The zero-order valence-corrected chi connectivity index (χ0v) is 36.6. The van der Waals surface area contributed by atoms with E-state index in [1.807, 2.05) is 42.3 Å². The number of aromatic nitrogens is 2. The van der Waals surface area contributed by atoms with Gasteiger partial charge in [0.25, 0.3) is 0 Å². The lowest BCUT2D eigenvalue weighted by Gasteiger charge is -2.39. The van der Waals surface area contributed by atoms with Crippen LogP contribution in [0.5, 0.6) is 0 Å². The molecule has 0 bridgehead atoms. The molecule has 0 radical (unpaired) electrons. The number of carbonyl (C=O) groups is 2. The Hall–Kier alpha value is -3.02. The van der Waals surface area contributed by atoms with Gasteiger partial charge in [-0.3, -0.25) is 9.69 Å². The Morgan fingerprint density at radius 1 is 0.946 bits per heavy atom. The lowest BCUT2D eigenvalue weighted by Crippen LogP contribution is -2.52. The third kappa shape index (κ3) is 12.7. The molecule has 56 heavy (non-hydrogen) atoms. The highest BCUT2D eigenvalue weighted by atomic mass is 28.4. The third-order valence-corrected chi connectivity index (χ3v) is 17.7. The molecule has 1 aromatic heterocycles. The van der Waals surface area contributed by atoms with Crippen LogP contribution in [0.15, 0.2) is 48.2 Å². The van der Waals surface area contributed by atoms with Crippen LogP contribution in [0, 0.1) is 5.92 Å². The number of amides is 1. The summed E-state index contributed by atoms with van der Waals surface area (Å²) in [6.07, 6.45) is 24.1.